The molecule has 0 spiro atoms. The fraction of sp³-hybridized carbons (Fsp3) is 0.515. The molecule has 1 aromatic carbocycles. The number of hydrogen-bond donors (Lipinski definition) is 1. The summed E-state index contributed by atoms with van der Waals surface area (Å²) in [6.45, 7) is 9.14. The number of amides is 1. The third-order valence-corrected chi connectivity index (χ3v) is 7.70. The number of ether oxygens (including phenoxy) is 4. The molecule has 1 saturated heterocycles. The maximum absolute atomic E-state index is 12.3. The molecule has 3 heterocycles. The molecule has 2 fully saturated rings. The highest BCUT2D eigenvalue weighted by Gasteiger charge is 2.33. The number of carbonyl (C=O) groups is 1. The second kappa shape index (κ2) is 13.7. The first-order chi connectivity index (χ1) is 21.1. The minimum Gasteiger partial charge on any atom is -0.467 e. The lowest BCUT2D eigenvalue weighted by atomic mass is 9.82. The molecular formula is C33H42N6O5. The van der Waals surface area contributed by atoms with Crippen LogP contribution in [0.2, 0.25) is 0 Å². The largest absolute Gasteiger partial charge is 0.467 e. The molecule has 11 heteroatoms. The van der Waals surface area contributed by atoms with E-state index in [0.717, 1.165) is 42.4 Å². The summed E-state index contributed by atoms with van der Waals surface area (Å²) in [4.78, 5) is 14.1. The van der Waals surface area contributed by atoms with Crippen molar-refractivity contribution >= 4 is 11.9 Å². The summed E-state index contributed by atoms with van der Waals surface area (Å²) in [5, 5.41) is 13.1. The van der Waals surface area contributed by atoms with Gasteiger partial charge in [0.25, 0.3) is 0 Å². The summed E-state index contributed by atoms with van der Waals surface area (Å²) in [7, 11) is 1.58. The minimum atomic E-state index is -0.480. The average Bonchev–Trinajstić information content (AvgIpc) is 3.47. The number of hydrogen-bond acceptors (Lipinski definition) is 9. The molecule has 11 nitrogen and oxygen atoms in total. The fourth-order valence-electron chi connectivity index (χ4n) is 5.25. The second-order valence-electron chi connectivity index (χ2n) is 12.3. The number of likely N-dealkylation sites (tertiary alicyclic amines) is 1. The van der Waals surface area contributed by atoms with Crippen LogP contribution in [0.3, 0.4) is 0 Å². The van der Waals surface area contributed by atoms with Crippen LogP contribution in [0.25, 0.3) is 22.4 Å². The molecule has 5 rings (SSSR count). The molecule has 1 atom stereocenters. The van der Waals surface area contributed by atoms with Crippen molar-refractivity contribution in [3.63, 3.8) is 0 Å². The van der Waals surface area contributed by atoms with Crippen LogP contribution in [0.5, 0.6) is 5.75 Å². The number of piperidine rings is 1. The highest BCUT2D eigenvalue weighted by Crippen LogP contribution is 2.34. The van der Waals surface area contributed by atoms with Gasteiger partial charge in [0.15, 0.2) is 12.6 Å². The van der Waals surface area contributed by atoms with E-state index in [1.54, 1.807) is 18.2 Å². The van der Waals surface area contributed by atoms with Crippen molar-refractivity contribution in [1.82, 2.24) is 24.9 Å². The maximum Gasteiger partial charge on any atom is 0.410 e. The summed E-state index contributed by atoms with van der Waals surface area (Å²) in [6.07, 6.45) is 7.37. The van der Waals surface area contributed by atoms with E-state index in [2.05, 4.69) is 27.1 Å². The molecule has 1 amide bonds. The number of benzene rings is 1. The zero-order chi connectivity index (χ0) is 31.3. The van der Waals surface area contributed by atoms with Crippen LogP contribution in [-0.2, 0) is 14.2 Å². The molecule has 1 saturated carbocycles. The predicted molar refractivity (Wildman–Crippen MR) is 167 cm³/mol. The van der Waals surface area contributed by atoms with Crippen molar-refractivity contribution in [3.8, 4) is 40.0 Å². The van der Waals surface area contributed by atoms with Crippen LogP contribution < -0.4 is 10.5 Å². The van der Waals surface area contributed by atoms with Crippen LogP contribution in [-0.4, -0.2) is 75.8 Å². The number of methoxy groups -OCH3 is 1. The molecule has 234 valence electrons. The molecule has 2 aromatic heterocycles. The Morgan fingerprint density at radius 2 is 1.86 bits per heavy atom. The second-order valence-corrected chi connectivity index (χ2v) is 12.3. The normalized spacial score (nSPS) is 19.4. The van der Waals surface area contributed by atoms with Gasteiger partial charge in [-0.1, -0.05) is 24.0 Å². The number of rotatable bonds is 8. The first-order valence-electron chi connectivity index (χ1n) is 15.1. The van der Waals surface area contributed by atoms with E-state index in [9.17, 15) is 4.79 Å². The molecule has 0 radical (unpaired) electrons. The van der Waals surface area contributed by atoms with Crippen LogP contribution in [0.15, 0.2) is 42.7 Å². The summed E-state index contributed by atoms with van der Waals surface area (Å²) >= 11 is 0. The molecule has 44 heavy (non-hydrogen) atoms. The van der Waals surface area contributed by atoms with Gasteiger partial charge in [-0.2, -0.15) is 5.10 Å². The van der Waals surface area contributed by atoms with Crippen LogP contribution in [0.1, 0.15) is 59.4 Å². The van der Waals surface area contributed by atoms with Gasteiger partial charge in [-0.15, -0.1) is 10.2 Å². The van der Waals surface area contributed by atoms with Crippen LogP contribution in [0.4, 0.5) is 10.6 Å². The Labute approximate surface area is 259 Å². The van der Waals surface area contributed by atoms with Gasteiger partial charge in [0.2, 0.25) is 0 Å². The number of anilines is 1. The lowest BCUT2D eigenvalue weighted by molar-refractivity contribution is -0.0849. The van der Waals surface area contributed by atoms with Crippen LogP contribution in [0, 0.1) is 17.8 Å². The van der Waals surface area contributed by atoms with Crippen molar-refractivity contribution in [2.45, 2.75) is 77.2 Å². The Bertz CT molecular complexity index is 1490. The van der Waals surface area contributed by atoms with E-state index in [4.69, 9.17) is 24.7 Å². The SMILES string of the molecule is COCOc1ccccc1-c1cc(-c2cnn(C(C)C#CC3CC(OC4CCN(C(=O)OC(C)(C)C)CC4)C3)c2)c(N)nn1. The standard InChI is InChI=1S/C33H42N6O5/c1-22(10-11-23-16-26(17-23)43-25-12-14-38(15-13-25)32(40)44-33(2,3)4)39-20-24(19-35-39)28-18-29(36-37-31(28)34)27-8-6-7-9-30(27)42-21-41-5/h6-9,18-20,22-23,25-26H,12-17,21H2,1-5H3,(H2,34,37). The average molecular weight is 603 g/mol. The van der Waals surface area contributed by atoms with Crippen molar-refractivity contribution in [2.75, 3.05) is 32.7 Å². The molecule has 1 unspecified atom stereocenters. The summed E-state index contributed by atoms with van der Waals surface area (Å²) in [5.74, 6) is 8.04. The third-order valence-electron chi connectivity index (χ3n) is 7.70. The number of nitrogen functional groups attached to an aromatic ring is 1. The minimum absolute atomic E-state index is 0.112. The zero-order valence-corrected chi connectivity index (χ0v) is 26.2. The highest BCUT2D eigenvalue weighted by atomic mass is 16.7. The molecule has 0 bridgehead atoms. The lowest BCUT2D eigenvalue weighted by Gasteiger charge is -2.38. The van der Waals surface area contributed by atoms with E-state index in [1.165, 1.54) is 0 Å². The van der Waals surface area contributed by atoms with E-state index in [1.807, 2.05) is 68.9 Å². The van der Waals surface area contributed by atoms with E-state index in [-0.39, 0.29) is 31.1 Å². The van der Waals surface area contributed by atoms with E-state index >= 15 is 0 Å². The van der Waals surface area contributed by atoms with Crippen molar-refractivity contribution in [3.05, 3.63) is 42.7 Å². The van der Waals surface area contributed by atoms with Crippen molar-refractivity contribution in [1.29, 1.82) is 0 Å². The molecule has 2 aliphatic rings. The van der Waals surface area contributed by atoms with Gasteiger partial charge in [0, 0.05) is 49.0 Å². The Morgan fingerprint density at radius 3 is 2.59 bits per heavy atom. The predicted octanol–water partition coefficient (Wildman–Crippen LogP) is 5.33. The topological polar surface area (TPSA) is 127 Å². The quantitative estimate of drug-likeness (QED) is 0.269. The molecule has 1 aliphatic heterocycles. The van der Waals surface area contributed by atoms with E-state index < -0.39 is 5.60 Å². The summed E-state index contributed by atoms with van der Waals surface area (Å²) in [5.41, 5.74) is 8.74. The van der Waals surface area contributed by atoms with Gasteiger partial charge >= 0.3 is 6.09 Å². The van der Waals surface area contributed by atoms with Gasteiger partial charge in [-0.05, 0) is 71.6 Å². The molecular weight excluding hydrogens is 560 g/mol. The molecule has 3 aromatic rings. The smallest absolute Gasteiger partial charge is 0.410 e. The number of nitrogens with two attached hydrogens (primary N) is 1. The molecule has 1 aliphatic carbocycles. The lowest BCUT2D eigenvalue weighted by Crippen LogP contribution is -2.45. The summed E-state index contributed by atoms with van der Waals surface area (Å²) in [6, 6.07) is 9.37. The molecule has 2 N–H and O–H groups in total. The fourth-order valence-corrected chi connectivity index (χ4v) is 5.25. The van der Waals surface area contributed by atoms with Crippen LogP contribution >= 0.6 is 0 Å². The van der Waals surface area contributed by atoms with Gasteiger partial charge in [-0.25, -0.2) is 4.79 Å². The highest BCUT2D eigenvalue weighted by molar-refractivity contribution is 5.78. The number of nitrogens with zero attached hydrogens (tertiary/aromatic N) is 5. The first kappa shape index (κ1) is 31.3. The van der Waals surface area contributed by atoms with E-state index in [0.29, 0.717) is 36.3 Å². The third kappa shape index (κ3) is 7.87. The summed E-state index contributed by atoms with van der Waals surface area (Å²) < 4.78 is 24.4. The Hall–Kier alpha value is -4.14. The van der Waals surface area contributed by atoms with Crippen molar-refractivity contribution < 1.29 is 23.7 Å². The van der Waals surface area contributed by atoms with Gasteiger partial charge in [-0.3, -0.25) is 4.68 Å². The Kier molecular flexibility index (Phi) is 9.71. The zero-order valence-electron chi connectivity index (χ0n) is 26.2. The number of para-hydroxylation sites is 1. The van der Waals surface area contributed by atoms with Crippen molar-refractivity contribution in [2.24, 2.45) is 5.92 Å². The van der Waals surface area contributed by atoms with Gasteiger partial charge < -0.3 is 29.6 Å². The number of aromatic nitrogens is 4. The first-order valence-corrected chi connectivity index (χ1v) is 15.1. The number of carbonyl (C=O) groups excluding carboxylic acids is 1. The maximum atomic E-state index is 12.3. The Morgan fingerprint density at radius 1 is 1.11 bits per heavy atom. The Balaban J connectivity index is 1.13. The van der Waals surface area contributed by atoms with Gasteiger partial charge in [0.1, 0.15) is 17.4 Å². The van der Waals surface area contributed by atoms with Gasteiger partial charge in [0.05, 0.1) is 24.1 Å². The monoisotopic (exact) mass is 602 g/mol.